The molecular formula is C13H15NO. The molecule has 2 N–H and O–H groups in total. The van der Waals surface area contributed by atoms with Gasteiger partial charge in [-0.1, -0.05) is 30.3 Å². The van der Waals surface area contributed by atoms with Gasteiger partial charge in [-0.2, -0.15) is 0 Å². The molecule has 2 heteroatoms. The van der Waals surface area contributed by atoms with Gasteiger partial charge in [-0.15, -0.1) is 0 Å². The molecule has 0 aromatic heterocycles. The van der Waals surface area contributed by atoms with Crippen LogP contribution >= 0.6 is 0 Å². The number of hydrogen-bond acceptors (Lipinski definition) is 2. The lowest BCUT2D eigenvalue weighted by atomic mass is 10.0. The highest BCUT2D eigenvalue weighted by molar-refractivity contribution is 5.91. The van der Waals surface area contributed by atoms with Crippen LogP contribution in [0.1, 0.15) is 5.56 Å². The van der Waals surface area contributed by atoms with Gasteiger partial charge in [0.2, 0.25) is 0 Å². The highest BCUT2D eigenvalue weighted by Crippen LogP contribution is 2.28. The Hall–Kier alpha value is -1.54. The second-order valence-electron chi connectivity index (χ2n) is 3.51. The third kappa shape index (κ3) is 1.81. The van der Waals surface area contributed by atoms with Crippen molar-refractivity contribution in [1.82, 2.24) is 0 Å². The summed E-state index contributed by atoms with van der Waals surface area (Å²) < 4.78 is 5.33. The first-order chi connectivity index (χ1) is 7.36. The molecule has 2 rings (SSSR count). The fraction of sp³-hybridized carbons (Fsp3) is 0.231. The van der Waals surface area contributed by atoms with Crippen LogP contribution in [-0.4, -0.2) is 13.7 Å². The van der Waals surface area contributed by atoms with Gasteiger partial charge in [-0.05, 0) is 30.0 Å². The SMILES string of the molecule is COc1ccc(CCN)c2ccccc12. The summed E-state index contributed by atoms with van der Waals surface area (Å²) >= 11 is 0. The van der Waals surface area contributed by atoms with Crippen molar-refractivity contribution < 1.29 is 4.74 Å². The van der Waals surface area contributed by atoms with E-state index in [0.29, 0.717) is 6.54 Å². The van der Waals surface area contributed by atoms with Gasteiger partial charge in [0, 0.05) is 5.39 Å². The number of ether oxygens (including phenoxy) is 1. The zero-order valence-electron chi connectivity index (χ0n) is 8.86. The van der Waals surface area contributed by atoms with E-state index in [1.54, 1.807) is 7.11 Å². The van der Waals surface area contributed by atoms with Gasteiger partial charge >= 0.3 is 0 Å². The quantitative estimate of drug-likeness (QED) is 0.827. The summed E-state index contributed by atoms with van der Waals surface area (Å²) in [7, 11) is 1.70. The second-order valence-corrected chi connectivity index (χ2v) is 3.51. The van der Waals surface area contributed by atoms with Crippen LogP contribution < -0.4 is 10.5 Å². The van der Waals surface area contributed by atoms with E-state index in [1.807, 2.05) is 18.2 Å². The Morgan fingerprint density at radius 3 is 2.47 bits per heavy atom. The molecule has 0 atom stereocenters. The van der Waals surface area contributed by atoms with Crippen LogP contribution in [0, 0.1) is 0 Å². The first-order valence-electron chi connectivity index (χ1n) is 5.11. The van der Waals surface area contributed by atoms with Gasteiger partial charge in [0.05, 0.1) is 7.11 Å². The summed E-state index contributed by atoms with van der Waals surface area (Å²) in [4.78, 5) is 0. The molecular weight excluding hydrogens is 186 g/mol. The molecule has 0 radical (unpaired) electrons. The highest BCUT2D eigenvalue weighted by atomic mass is 16.5. The molecule has 2 nitrogen and oxygen atoms in total. The minimum atomic E-state index is 0.677. The lowest BCUT2D eigenvalue weighted by Gasteiger charge is -2.09. The first kappa shape index (κ1) is 9.99. The smallest absolute Gasteiger partial charge is 0.126 e. The van der Waals surface area contributed by atoms with Crippen molar-refractivity contribution in [2.75, 3.05) is 13.7 Å². The standard InChI is InChI=1S/C13H15NO/c1-15-13-7-6-10(8-9-14)11-4-2-3-5-12(11)13/h2-7H,8-9,14H2,1H3. The Balaban J connectivity index is 2.66. The van der Waals surface area contributed by atoms with Crippen LogP contribution in [0.4, 0.5) is 0 Å². The number of hydrogen-bond donors (Lipinski definition) is 1. The Morgan fingerprint density at radius 2 is 1.80 bits per heavy atom. The molecule has 0 aliphatic carbocycles. The minimum Gasteiger partial charge on any atom is -0.496 e. The van der Waals surface area contributed by atoms with Gasteiger partial charge < -0.3 is 10.5 Å². The van der Waals surface area contributed by atoms with Crippen LogP contribution in [-0.2, 0) is 6.42 Å². The summed E-state index contributed by atoms with van der Waals surface area (Å²) in [5.41, 5.74) is 6.88. The fourth-order valence-corrected chi connectivity index (χ4v) is 1.89. The molecule has 2 aromatic carbocycles. The van der Waals surface area contributed by atoms with Gasteiger partial charge in [-0.25, -0.2) is 0 Å². The predicted octanol–water partition coefficient (Wildman–Crippen LogP) is 2.35. The first-order valence-corrected chi connectivity index (χ1v) is 5.11. The lowest BCUT2D eigenvalue weighted by Crippen LogP contribution is -2.03. The number of rotatable bonds is 3. The lowest BCUT2D eigenvalue weighted by molar-refractivity contribution is 0.419. The van der Waals surface area contributed by atoms with Crippen LogP contribution in [0.25, 0.3) is 10.8 Å². The Morgan fingerprint density at radius 1 is 1.07 bits per heavy atom. The van der Waals surface area contributed by atoms with Gasteiger partial charge in [0.1, 0.15) is 5.75 Å². The van der Waals surface area contributed by atoms with Crippen molar-refractivity contribution >= 4 is 10.8 Å². The maximum absolute atomic E-state index is 5.59. The summed E-state index contributed by atoms with van der Waals surface area (Å²) in [5, 5.41) is 2.40. The van der Waals surface area contributed by atoms with E-state index >= 15 is 0 Å². The molecule has 0 spiro atoms. The van der Waals surface area contributed by atoms with Gasteiger partial charge in [0.25, 0.3) is 0 Å². The Labute approximate surface area is 89.7 Å². The molecule has 0 heterocycles. The van der Waals surface area contributed by atoms with E-state index in [4.69, 9.17) is 10.5 Å². The van der Waals surface area contributed by atoms with Crippen molar-refractivity contribution in [3.05, 3.63) is 42.0 Å². The molecule has 15 heavy (non-hydrogen) atoms. The second kappa shape index (κ2) is 4.32. The van der Waals surface area contributed by atoms with Crippen LogP contribution in [0.5, 0.6) is 5.75 Å². The van der Waals surface area contributed by atoms with E-state index in [0.717, 1.165) is 17.6 Å². The molecule has 0 unspecified atom stereocenters. The average molecular weight is 201 g/mol. The van der Waals surface area contributed by atoms with Crippen LogP contribution in [0.3, 0.4) is 0 Å². The molecule has 0 saturated carbocycles. The highest BCUT2D eigenvalue weighted by Gasteiger charge is 2.04. The molecule has 0 saturated heterocycles. The fourth-order valence-electron chi connectivity index (χ4n) is 1.89. The van der Waals surface area contributed by atoms with Gasteiger partial charge in [-0.3, -0.25) is 0 Å². The van der Waals surface area contributed by atoms with Crippen LogP contribution in [0.15, 0.2) is 36.4 Å². The predicted molar refractivity (Wildman–Crippen MR) is 63.3 cm³/mol. The van der Waals surface area contributed by atoms with E-state index in [9.17, 15) is 0 Å². The summed E-state index contributed by atoms with van der Waals surface area (Å²) in [5.74, 6) is 0.923. The zero-order valence-corrected chi connectivity index (χ0v) is 8.86. The van der Waals surface area contributed by atoms with Crippen molar-refractivity contribution in [1.29, 1.82) is 0 Å². The Kier molecular flexibility index (Phi) is 2.88. The van der Waals surface area contributed by atoms with E-state index in [2.05, 4.69) is 18.2 Å². The normalized spacial score (nSPS) is 10.5. The van der Waals surface area contributed by atoms with Crippen molar-refractivity contribution in [2.24, 2.45) is 5.73 Å². The Bertz CT molecular complexity index is 465. The average Bonchev–Trinajstić information content (AvgIpc) is 2.30. The van der Waals surface area contributed by atoms with Gasteiger partial charge in [0.15, 0.2) is 0 Å². The number of nitrogens with two attached hydrogens (primary N) is 1. The topological polar surface area (TPSA) is 35.2 Å². The third-order valence-corrected chi connectivity index (χ3v) is 2.61. The number of benzene rings is 2. The van der Waals surface area contributed by atoms with Crippen molar-refractivity contribution in [2.45, 2.75) is 6.42 Å². The van der Waals surface area contributed by atoms with E-state index in [1.165, 1.54) is 10.9 Å². The summed E-state index contributed by atoms with van der Waals surface area (Å²) in [6.45, 7) is 0.677. The molecule has 2 aromatic rings. The summed E-state index contributed by atoms with van der Waals surface area (Å²) in [6.07, 6.45) is 0.907. The van der Waals surface area contributed by atoms with Crippen molar-refractivity contribution in [3.63, 3.8) is 0 Å². The zero-order chi connectivity index (χ0) is 10.7. The maximum Gasteiger partial charge on any atom is 0.126 e. The monoisotopic (exact) mass is 201 g/mol. The minimum absolute atomic E-state index is 0.677. The molecule has 0 bridgehead atoms. The summed E-state index contributed by atoms with van der Waals surface area (Å²) in [6, 6.07) is 12.4. The molecule has 0 aliphatic rings. The maximum atomic E-state index is 5.59. The van der Waals surface area contributed by atoms with E-state index in [-0.39, 0.29) is 0 Å². The number of methoxy groups -OCH3 is 1. The largest absolute Gasteiger partial charge is 0.496 e. The third-order valence-electron chi connectivity index (χ3n) is 2.61. The number of fused-ring (bicyclic) bond motifs is 1. The van der Waals surface area contributed by atoms with Crippen LogP contribution in [0.2, 0.25) is 0 Å². The molecule has 0 amide bonds. The molecule has 0 aliphatic heterocycles. The van der Waals surface area contributed by atoms with E-state index < -0.39 is 0 Å². The molecule has 0 fully saturated rings. The van der Waals surface area contributed by atoms with Crippen molar-refractivity contribution in [3.8, 4) is 5.75 Å². The molecule has 78 valence electrons.